The Labute approximate surface area is 178 Å². The topological polar surface area (TPSA) is 90.6 Å². The Morgan fingerprint density at radius 1 is 1.13 bits per heavy atom. The minimum atomic E-state index is -4.16. The summed E-state index contributed by atoms with van der Waals surface area (Å²) in [6, 6.07) is 12.6. The SMILES string of the molecule is COC(=O)c1cc(S(=O)(=O)N(C)c2c(C)n(C)n(-c3ccccc3)c2=O)ccc1Cl. The van der Waals surface area contributed by atoms with Crippen LogP contribution in [0.1, 0.15) is 16.1 Å². The van der Waals surface area contributed by atoms with Gasteiger partial charge in [-0.05, 0) is 37.3 Å². The van der Waals surface area contributed by atoms with Crippen molar-refractivity contribution in [3.63, 3.8) is 0 Å². The van der Waals surface area contributed by atoms with Crippen LogP contribution < -0.4 is 9.86 Å². The lowest BCUT2D eigenvalue weighted by atomic mass is 10.2. The van der Waals surface area contributed by atoms with E-state index >= 15 is 0 Å². The average Bonchev–Trinajstić information content (AvgIpc) is 2.95. The predicted molar refractivity (Wildman–Crippen MR) is 114 cm³/mol. The molecule has 0 saturated heterocycles. The van der Waals surface area contributed by atoms with Gasteiger partial charge in [-0.25, -0.2) is 17.9 Å². The van der Waals surface area contributed by atoms with Gasteiger partial charge in [0.15, 0.2) is 0 Å². The van der Waals surface area contributed by atoms with E-state index in [1.54, 1.807) is 42.9 Å². The van der Waals surface area contributed by atoms with E-state index in [-0.39, 0.29) is 21.2 Å². The van der Waals surface area contributed by atoms with Crippen LogP contribution in [-0.2, 0) is 21.8 Å². The molecular formula is C20H20ClN3O5S. The van der Waals surface area contributed by atoms with Crippen molar-refractivity contribution in [1.82, 2.24) is 9.36 Å². The molecule has 10 heteroatoms. The standard InChI is InChI=1S/C20H20ClN3O5S/c1-13-18(19(25)24(22(13)2)14-8-6-5-7-9-14)23(3)30(27,28)15-10-11-17(21)16(12-15)20(26)29-4/h5-12H,1-4H3. The molecule has 30 heavy (non-hydrogen) atoms. The third-order valence-electron chi connectivity index (χ3n) is 4.84. The molecule has 8 nitrogen and oxygen atoms in total. The maximum atomic E-state index is 13.2. The first-order valence-electron chi connectivity index (χ1n) is 8.82. The Hall–Kier alpha value is -3.04. The summed E-state index contributed by atoms with van der Waals surface area (Å²) in [5.41, 5.74) is 0.479. The van der Waals surface area contributed by atoms with Gasteiger partial charge in [0.1, 0.15) is 5.69 Å². The maximum absolute atomic E-state index is 13.2. The van der Waals surface area contributed by atoms with Gasteiger partial charge < -0.3 is 4.74 Å². The van der Waals surface area contributed by atoms with Crippen molar-refractivity contribution in [2.75, 3.05) is 18.5 Å². The van der Waals surface area contributed by atoms with Gasteiger partial charge in [-0.3, -0.25) is 13.8 Å². The van der Waals surface area contributed by atoms with Crippen molar-refractivity contribution in [1.29, 1.82) is 0 Å². The van der Waals surface area contributed by atoms with Crippen LogP contribution in [-0.4, -0.2) is 37.9 Å². The summed E-state index contributed by atoms with van der Waals surface area (Å²) in [7, 11) is -0.0270. The number of hydrogen-bond acceptors (Lipinski definition) is 5. The molecule has 0 amide bonds. The summed E-state index contributed by atoms with van der Waals surface area (Å²) < 4.78 is 35.0. The number of methoxy groups -OCH3 is 1. The normalized spacial score (nSPS) is 11.4. The molecule has 0 bridgehead atoms. The summed E-state index contributed by atoms with van der Waals surface area (Å²) in [6.45, 7) is 1.66. The molecule has 0 aliphatic carbocycles. The number of para-hydroxylation sites is 1. The second kappa shape index (κ2) is 8.00. The fourth-order valence-corrected chi connectivity index (χ4v) is 4.59. The van der Waals surface area contributed by atoms with Crippen LogP contribution in [0.2, 0.25) is 5.02 Å². The van der Waals surface area contributed by atoms with Gasteiger partial charge in [-0.15, -0.1) is 0 Å². The molecule has 0 N–H and O–H groups in total. The Balaban J connectivity index is 2.15. The zero-order chi connectivity index (χ0) is 22.2. The first-order valence-corrected chi connectivity index (χ1v) is 10.6. The van der Waals surface area contributed by atoms with Crippen LogP contribution in [0.5, 0.6) is 0 Å². The lowest BCUT2D eigenvalue weighted by molar-refractivity contribution is 0.0600. The Morgan fingerprint density at radius 3 is 2.37 bits per heavy atom. The molecule has 0 aliphatic heterocycles. The minimum Gasteiger partial charge on any atom is -0.465 e. The zero-order valence-electron chi connectivity index (χ0n) is 16.8. The van der Waals surface area contributed by atoms with Crippen LogP contribution in [0.25, 0.3) is 5.69 Å². The fraction of sp³-hybridized carbons (Fsp3) is 0.200. The molecule has 3 rings (SSSR count). The van der Waals surface area contributed by atoms with E-state index in [9.17, 15) is 18.0 Å². The third kappa shape index (κ3) is 3.50. The molecule has 0 unspecified atom stereocenters. The van der Waals surface area contributed by atoms with Gasteiger partial charge in [0.2, 0.25) is 0 Å². The highest BCUT2D eigenvalue weighted by Gasteiger charge is 2.29. The zero-order valence-corrected chi connectivity index (χ0v) is 18.4. The van der Waals surface area contributed by atoms with Crippen LogP contribution in [0.4, 0.5) is 5.69 Å². The molecular weight excluding hydrogens is 430 g/mol. The first-order chi connectivity index (χ1) is 14.1. The van der Waals surface area contributed by atoms with Crippen LogP contribution >= 0.6 is 11.6 Å². The van der Waals surface area contributed by atoms with E-state index in [1.165, 1.54) is 31.0 Å². The van der Waals surface area contributed by atoms with Gasteiger partial charge >= 0.3 is 5.97 Å². The van der Waals surface area contributed by atoms with E-state index in [2.05, 4.69) is 4.74 Å². The quantitative estimate of drug-likeness (QED) is 0.558. The monoisotopic (exact) mass is 449 g/mol. The Kier molecular flexibility index (Phi) is 5.78. The average molecular weight is 450 g/mol. The Bertz CT molecular complexity index is 1280. The van der Waals surface area contributed by atoms with E-state index in [4.69, 9.17) is 11.6 Å². The molecule has 0 spiro atoms. The highest BCUT2D eigenvalue weighted by atomic mass is 35.5. The summed E-state index contributed by atoms with van der Waals surface area (Å²) in [4.78, 5) is 24.9. The molecule has 0 fully saturated rings. The van der Waals surface area contributed by atoms with E-state index in [0.717, 1.165) is 10.4 Å². The molecule has 0 saturated carbocycles. The molecule has 1 aromatic heterocycles. The number of sulfonamides is 1. The molecule has 0 aliphatic rings. The minimum absolute atomic E-state index is 0.00378. The van der Waals surface area contributed by atoms with Gasteiger partial charge in [-0.2, -0.15) is 0 Å². The van der Waals surface area contributed by atoms with Gasteiger partial charge in [0.25, 0.3) is 15.6 Å². The van der Waals surface area contributed by atoms with Crippen molar-refractivity contribution in [3.05, 3.63) is 75.2 Å². The van der Waals surface area contributed by atoms with Crippen LogP contribution in [0.3, 0.4) is 0 Å². The van der Waals surface area contributed by atoms with Crippen molar-refractivity contribution >= 4 is 33.3 Å². The highest BCUT2D eigenvalue weighted by molar-refractivity contribution is 7.92. The van der Waals surface area contributed by atoms with Crippen molar-refractivity contribution in [2.24, 2.45) is 7.05 Å². The molecule has 3 aromatic rings. The molecule has 2 aromatic carbocycles. The van der Waals surface area contributed by atoms with Crippen molar-refractivity contribution in [2.45, 2.75) is 11.8 Å². The van der Waals surface area contributed by atoms with E-state index < -0.39 is 21.6 Å². The van der Waals surface area contributed by atoms with Gasteiger partial charge in [-0.1, -0.05) is 29.8 Å². The number of rotatable bonds is 5. The second-order valence-corrected chi connectivity index (χ2v) is 8.89. The lowest BCUT2D eigenvalue weighted by Gasteiger charge is -2.18. The van der Waals surface area contributed by atoms with Gasteiger partial charge in [0, 0.05) is 14.1 Å². The summed E-state index contributed by atoms with van der Waals surface area (Å²) in [5, 5.41) is 0.0609. The number of benzene rings is 2. The summed E-state index contributed by atoms with van der Waals surface area (Å²) >= 11 is 5.99. The number of nitrogens with zero attached hydrogens (tertiary/aromatic N) is 3. The van der Waals surface area contributed by atoms with E-state index in [1.807, 2.05) is 6.07 Å². The number of ether oxygens (including phenoxy) is 1. The molecule has 158 valence electrons. The smallest absolute Gasteiger partial charge is 0.339 e. The number of carbonyl (C=O) groups is 1. The third-order valence-corrected chi connectivity index (χ3v) is 6.92. The Morgan fingerprint density at radius 2 is 1.77 bits per heavy atom. The lowest BCUT2D eigenvalue weighted by Crippen LogP contribution is -2.32. The highest BCUT2D eigenvalue weighted by Crippen LogP contribution is 2.27. The first kappa shape index (κ1) is 21.7. The number of hydrogen-bond donors (Lipinski definition) is 0. The molecule has 1 heterocycles. The number of halogens is 1. The van der Waals surface area contributed by atoms with Crippen LogP contribution in [0.15, 0.2) is 58.2 Å². The number of aromatic nitrogens is 2. The number of anilines is 1. The summed E-state index contributed by atoms with van der Waals surface area (Å²) in [5.74, 6) is -0.762. The van der Waals surface area contributed by atoms with Crippen molar-refractivity contribution in [3.8, 4) is 5.69 Å². The largest absolute Gasteiger partial charge is 0.465 e. The van der Waals surface area contributed by atoms with Crippen molar-refractivity contribution < 1.29 is 17.9 Å². The fourth-order valence-electron chi connectivity index (χ4n) is 3.13. The predicted octanol–water partition coefficient (Wildman–Crippen LogP) is 2.75. The molecule has 0 radical (unpaired) electrons. The van der Waals surface area contributed by atoms with Crippen LogP contribution in [0, 0.1) is 6.92 Å². The summed E-state index contributed by atoms with van der Waals surface area (Å²) in [6.07, 6.45) is 0. The van der Waals surface area contributed by atoms with E-state index in [0.29, 0.717) is 11.4 Å². The van der Waals surface area contributed by atoms with Gasteiger partial charge in [0.05, 0.1) is 34.0 Å². The molecule has 0 atom stereocenters. The maximum Gasteiger partial charge on any atom is 0.339 e. The second-order valence-electron chi connectivity index (χ2n) is 6.52. The number of carbonyl (C=O) groups excluding carboxylic acids is 1. The number of esters is 1.